The molecule has 0 aromatic carbocycles. The number of amides is 1. The van der Waals surface area contributed by atoms with E-state index >= 15 is 0 Å². The molecule has 0 aliphatic heterocycles. The van der Waals surface area contributed by atoms with Gasteiger partial charge in [-0.1, -0.05) is 25.2 Å². The maximum absolute atomic E-state index is 12.4. The van der Waals surface area contributed by atoms with Gasteiger partial charge in [0.05, 0.1) is 0 Å². The molecule has 1 saturated carbocycles. The van der Waals surface area contributed by atoms with Crippen LogP contribution in [-0.4, -0.2) is 22.5 Å². The van der Waals surface area contributed by atoms with Gasteiger partial charge in [-0.05, 0) is 45.4 Å². The summed E-state index contributed by atoms with van der Waals surface area (Å²) in [5, 5.41) is 7.03. The van der Waals surface area contributed by atoms with E-state index in [1.807, 2.05) is 20.8 Å². The Hall–Kier alpha value is -1.30. The highest BCUT2D eigenvalue weighted by Gasteiger charge is 2.32. The van der Waals surface area contributed by atoms with Gasteiger partial charge in [0.25, 0.3) is 5.91 Å². The number of nitrogen functional groups attached to an aromatic ring is 1. The van der Waals surface area contributed by atoms with Gasteiger partial charge in [0, 0.05) is 11.6 Å². The molecular formula is C15H26N4OS. The van der Waals surface area contributed by atoms with Crippen LogP contribution in [0.2, 0.25) is 0 Å². The maximum Gasteiger partial charge on any atom is 0.265 e. The van der Waals surface area contributed by atoms with Crippen molar-refractivity contribution in [3.63, 3.8) is 0 Å². The minimum absolute atomic E-state index is 0.102. The Morgan fingerprint density at radius 1 is 1.43 bits per heavy atom. The fourth-order valence-corrected chi connectivity index (χ4v) is 3.68. The normalized spacial score (nSPS) is 21.3. The third kappa shape index (κ3) is 4.33. The molecule has 1 aliphatic carbocycles. The molecule has 0 bridgehead atoms. The van der Waals surface area contributed by atoms with Gasteiger partial charge in [-0.25, -0.2) is 4.98 Å². The average molecular weight is 310 g/mol. The van der Waals surface area contributed by atoms with Crippen LogP contribution >= 0.6 is 11.3 Å². The molecule has 5 nitrogen and oxygen atoms in total. The van der Waals surface area contributed by atoms with Crippen molar-refractivity contribution in [3.8, 4) is 0 Å². The van der Waals surface area contributed by atoms with Crippen molar-refractivity contribution >= 4 is 28.2 Å². The summed E-state index contributed by atoms with van der Waals surface area (Å²) in [6.45, 7) is 10.6. The number of nitrogens with one attached hydrogen (secondary N) is 2. The number of hydrogen-bond acceptors (Lipinski definition) is 5. The number of hydrogen-bond donors (Lipinski definition) is 3. The molecule has 1 heterocycles. The number of aromatic nitrogens is 1. The monoisotopic (exact) mass is 310 g/mol. The Balaban J connectivity index is 2.03. The summed E-state index contributed by atoms with van der Waals surface area (Å²) >= 11 is 1.32. The van der Waals surface area contributed by atoms with Gasteiger partial charge >= 0.3 is 0 Å². The van der Waals surface area contributed by atoms with Crippen molar-refractivity contribution in [3.05, 3.63) is 4.88 Å². The summed E-state index contributed by atoms with van der Waals surface area (Å²) in [5.41, 5.74) is 6.10. The number of thiazole rings is 1. The molecule has 6 heteroatoms. The van der Waals surface area contributed by atoms with Crippen molar-refractivity contribution in [2.75, 3.05) is 11.1 Å². The molecule has 118 valence electrons. The van der Waals surface area contributed by atoms with Gasteiger partial charge in [0.15, 0.2) is 5.13 Å². The van der Waals surface area contributed by atoms with Crippen LogP contribution in [0.5, 0.6) is 0 Å². The summed E-state index contributed by atoms with van der Waals surface area (Å²) in [6.07, 6.45) is 3.20. The number of carbonyl (C=O) groups is 1. The third-order valence-electron chi connectivity index (χ3n) is 3.65. The quantitative estimate of drug-likeness (QED) is 0.800. The van der Waals surface area contributed by atoms with Crippen LogP contribution in [0.25, 0.3) is 0 Å². The van der Waals surface area contributed by atoms with Gasteiger partial charge in [-0.3, -0.25) is 4.79 Å². The lowest BCUT2D eigenvalue weighted by atomic mass is 9.92. The third-order valence-corrected chi connectivity index (χ3v) is 4.63. The lowest BCUT2D eigenvalue weighted by Gasteiger charge is -2.19. The lowest BCUT2D eigenvalue weighted by molar-refractivity contribution is 0.0941. The fraction of sp³-hybridized carbons (Fsp3) is 0.733. The van der Waals surface area contributed by atoms with Crippen molar-refractivity contribution in [1.29, 1.82) is 0 Å². The number of nitrogens with zero attached hydrogens (tertiary/aromatic N) is 1. The van der Waals surface area contributed by atoms with Gasteiger partial charge in [-0.2, -0.15) is 0 Å². The van der Waals surface area contributed by atoms with Gasteiger partial charge in [-0.15, -0.1) is 0 Å². The van der Waals surface area contributed by atoms with Crippen LogP contribution in [0.4, 0.5) is 10.9 Å². The van der Waals surface area contributed by atoms with Crippen LogP contribution in [0.1, 0.15) is 63.6 Å². The van der Waals surface area contributed by atoms with E-state index in [2.05, 4.69) is 29.5 Å². The number of carbonyl (C=O) groups excluding carboxylic acids is 1. The van der Waals surface area contributed by atoms with Crippen molar-refractivity contribution in [2.45, 2.75) is 65.5 Å². The lowest BCUT2D eigenvalue weighted by Crippen LogP contribution is -2.33. The zero-order chi connectivity index (χ0) is 15.8. The number of rotatable bonds is 3. The zero-order valence-corrected chi connectivity index (χ0v) is 14.4. The summed E-state index contributed by atoms with van der Waals surface area (Å²) in [5.74, 6) is 0.205. The van der Waals surface area contributed by atoms with Gasteiger partial charge < -0.3 is 16.4 Å². The standard InChI is InChI=1S/C15H26N4OS/c1-14(2,3)19-13-18-11(16)10(21-13)12(20)17-9-6-7-15(4,5)8-9/h9H,6-8,16H2,1-5H3,(H,17,20)(H,18,19). The van der Waals surface area contributed by atoms with E-state index in [1.165, 1.54) is 11.3 Å². The summed E-state index contributed by atoms with van der Waals surface area (Å²) in [6, 6.07) is 0.244. The second kappa shape index (κ2) is 5.48. The van der Waals surface area contributed by atoms with Crippen LogP contribution in [0.3, 0.4) is 0 Å². The second-order valence-electron chi connectivity index (χ2n) is 7.69. The van der Waals surface area contributed by atoms with Crippen molar-refractivity contribution < 1.29 is 4.79 Å². The van der Waals surface area contributed by atoms with Crippen LogP contribution in [0.15, 0.2) is 0 Å². The Bertz CT molecular complexity index is 530. The zero-order valence-electron chi connectivity index (χ0n) is 13.5. The van der Waals surface area contributed by atoms with Crippen LogP contribution in [-0.2, 0) is 0 Å². The molecular weight excluding hydrogens is 284 g/mol. The smallest absolute Gasteiger partial charge is 0.265 e. The van der Waals surface area contributed by atoms with E-state index in [1.54, 1.807) is 0 Å². The molecule has 0 saturated heterocycles. The minimum atomic E-state index is -0.104. The molecule has 1 aliphatic rings. The van der Waals surface area contributed by atoms with E-state index in [-0.39, 0.29) is 17.5 Å². The Morgan fingerprint density at radius 2 is 2.10 bits per heavy atom. The molecule has 1 amide bonds. The van der Waals surface area contributed by atoms with Crippen LogP contribution < -0.4 is 16.4 Å². The summed E-state index contributed by atoms with van der Waals surface area (Å²) in [4.78, 5) is 17.1. The van der Waals surface area contributed by atoms with Crippen LogP contribution in [0, 0.1) is 5.41 Å². The first-order chi connectivity index (χ1) is 9.56. The van der Waals surface area contributed by atoms with Crippen molar-refractivity contribution in [2.24, 2.45) is 5.41 Å². The highest BCUT2D eigenvalue weighted by atomic mass is 32.1. The molecule has 0 spiro atoms. The average Bonchev–Trinajstić information content (AvgIpc) is 2.79. The van der Waals surface area contributed by atoms with Crippen molar-refractivity contribution in [1.82, 2.24) is 10.3 Å². The predicted molar refractivity (Wildman–Crippen MR) is 88.8 cm³/mol. The topological polar surface area (TPSA) is 80.0 Å². The first kappa shape index (κ1) is 16.1. The molecule has 1 atom stereocenters. The summed E-state index contributed by atoms with van der Waals surface area (Å²) in [7, 11) is 0. The largest absolute Gasteiger partial charge is 0.382 e. The predicted octanol–water partition coefficient (Wildman–Crippen LogP) is 3.24. The summed E-state index contributed by atoms with van der Waals surface area (Å²) < 4.78 is 0. The Kier molecular flexibility index (Phi) is 4.19. The first-order valence-electron chi connectivity index (χ1n) is 7.41. The van der Waals surface area contributed by atoms with E-state index in [9.17, 15) is 4.79 Å². The molecule has 1 aromatic rings. The SMILES string of the molecule is CC1(C)CCC(NC(=O)c2sc(NC(C)(C)C)nc2N)C1. The Labute approximate surface area is 130 Å². The molecule has 2 rings (SSSR count). The Morgan fingerprint density at radius 3 is 2.62 bits per heavy atom. The number of anilines is 2. The first-order valence-corrected chi connectivity index (χ1v) is 8.23. The molecule has 1 fully saturated rings. The maximum atomic E-state index is 12.4. The molecule has 4 N–H and O–H groups in total. The molecule has 1 unspecified atom stereocenters. The molecule has 0 radical (unpaired) electrons. The molecule has 1 aromatic heterocycles. The minimum Gasteiger partial charge on any atom is -0.382 e. The van der Waals surface area contributed by atoms with Gasteiger partial charge in [0.2, 0.25) is 0 Å². The highest BCUT2D eigenvalue weighted by Crippen LogP contribution is 2.37. The highest BCUT2D eigenvalue weighted by molar-refractivity contribution is 7.18. The van der Waals surface area contributed by atoms with E-state index in [4.69, 9.17) is 5.73 Å². The van der Waals surface area contributed by atoms with E-state index in [0.29, 0.717) is 21.2 Å². The molecule has 21 heavy (non-hydrogen) atoms. The van der Waals surface area contributed by atoms with E-state index in [0.717, 1.165) is 19.3 Å². The fourth-order valence-electron chi connectivity index (χ4n) is 2.68. The van der Waals surface area contributed by atoms with Gasteiger partial charge in [0.1, 0.15) is 10.7 Å². The van der Waals surface area contributed by atoms with E-state index < -0.39 is 0 Å². The second-order valence-corrected chi connectivity index (χ2v) is 8.68. The number of nitrogens with two attached hydrogens (primary N) is 1.